The van der Waals surface area contributed by atoms with Crippen molar-refractivity contribution in [3.05, 3.63) is 54.1 Å². The van der Waals surface area contributed by atoms with E-state index >= 15 is 0 Å². The third-order valence-corrected chi connectivity index (χ3v) is 4.12. The van der Waals surface area contributed by atoms with Crippen molar-refractivity contribution < 1.29 is 4.39 Å². The van der Waals surface area contributed by atoms with Crippen molar-refractivity contribution in [2.75, 3.05) is 6.54 Å². The van der Waals surface area contributed by atoms with Crippen molar-refractivity contribution in [2.45, 2.75) is 36.1 Å². The summed E-state index contributed by atoms with van der Waals surface area (Å²) in [5.41, 5.74) is 1.00. The van der Waals surface area contributed by atoms with E-state index in [0.717, 1.165) is 28.3 Å². The van der Waals surface area contributed by atoms with E-state index in [1.807, 2.05) is 18.2 Å². The molecule has 0 fully saturated rings. The maximum absolute atomic E-state index is 13.5. The monoisotopic (exact) mass is 290 g/mol. The molecule has 1 atom stereocenters. The highest BCUT2D eigenvalue weighted by Crippen LogP contribution is 2.33. The van der Waals surface area contributed by atoms with Crippen molar-refractivity contribution in [1.82, 2.24) is 10.3 Å². The summed E-state index contributed by atoms with van der Waals surface area (Å²) in [6.45, 7) is 5.12. The van der Waals surface area contributed by atoms with Gasteiger partial charge in [-0.05, 0) is 55.8 Å². The van der Waals surface area contributed by atoms with E-state index in [9.17, 15) is 4.39 Å². The van der Waals surface area contributed by atoms with E-state index in [1.165, 1.54) is 6.07 Å². The summed E-state index contributed by atoms with van der Waals surface area (Å²) in [6.07, 6.45) is 4.60. The maximum Gasteiger partial charge on any atom is 0.123 e. The molecule has 0 aliphatic rings. The van der Waals surface area contributed by atoms with Crippen LogP contribution in [0, 0.1) is 5.82 Å². The third-order valence-electron chi connectivity index (χ3n) is 3.02. The molecule has 0 aliphatic heterocycles. The second kappa shape index (κ2) is 7.41. The summed E-state index contributed by atoms with van der Waals surface area (Å²) >= 11 is 1.64. The van der Waals surface area contributed by atoms with Crippen molar-refractivity contribution in [3.8, 4) is 0 Å². The molecule has 2 rings (SSSR count). The van der Waals surface area contributed by atoms with Gasteiger partial charge < -0.3 is 5.32 Å². The summed E-state index contributed by atoms with van der Waals surface area (Å²) < 4.78 is 13.5. The lowest BCUT2D eigenvalue weighted by Crippen LogP contribution is -2.20. The highest BCUT2D eigenvalue weighted by molar-refractivity contribution is 7.99. The fourth-order valence-corrected chi connectivity index (χ4v) is 2.96. The summed E-state index contributed by atoms with van der Waals surface area (Å²) in [5, 5.41) is 3.41. The van der Waals surface area contributed by atoms with Gasteiger partial charge in [-0.15, -0.1) is 0 Å². The first-order chi connectivity index (χ1) is 9.70. The number of nitrogens with one attached hydrogen (secondary N) is 1. The smallest absolute Gasteiger partial charge is 0.123 e. The molecule has 0 amide bonds. The average molecular weight is 290 g/mol. The summed E-state index contributed by atoms with van der Waals surface area (Å²) in [7, 11) is 0. The molecule has 0 bridgehead atoms. The first kappa shape index (κ1) is 15.0. The predicted molar refractivity (Wildman–Crippen MR) is 81.5 cm³/mol. The maximum atomic E-state index is 13.5. The Morgan fingerprint density at radius 3 is 2.70 bits per heavy atom. The molecular weight excluding hydrogens is 271 g/mol. The minimum Gasteiger partial charge on any atom is -0.310 e. The topological polar surface area (TPSA) is 24.9 Å². The molecule has 1 aromatic heterocycles. The second-order valence-electron chi connectivity index (χ2n) is 4.64. The van der Waals surface area contributed by atoms with Gasteiger partial charge in [0.2, 0.25) is 0 Å². The minimum absolute atomic E-state index is 0.134. The van der Waals surface area contributed by atoms with E-state index in [1.54, 1.807) is 30.2 Å². The largest absolute Gasteiger partial charge is 0.310 e. The molecule has 2 aromatic rings. The van der Waals surface area contributed by atoms with Gasteiger partial charge in [-0.1, -0.05) is 18.7 Å². The molecule has 2 nitrogen and oxygen atoms in total. The fraction of sp³-hybridized carbons (Fsp3) is 0.312. The van der Waals surface area contributed by atoms with Crippen LogP contribution in [0.25, 0.3) is 0 Å². The van der Waals surface area contributed by atoms with Crippen molar-refractivity contribution in [1.29, 1.82) is 0 Å². The quantitative estimate of drug-likeness (QED) is 0.851. The van der Waals surface area contributed by atoms with Gasteiger partial charge in [0.25, 0.3) is 0 Å². The number of aromatic nitrogens is 1. The standard InChI is InChI=1S/C16H19FN2S/c1-3-8-19-12(2)15-11-13(17)4-5-16(15)20-14-6-9-18-10-7-14/h4-7,9-12,19H,3,8H2,1-2H3. The molecule has 0 aliphatic carbocycles. The van der Waals surface area contributed by atoms with Crippen molar-refractivity contribution in [3.63, 3.8) is 0 Å². The molecule has 0 spiro atoms. The third kappa shape index (κ3) is 4.05. The number of nitrogens with zero attached hydrogens (tertiary/aromatic N) is 1. The van der Waals surface area contributed by atoms with Gasteiger partial charge in [-0.25, -0.2) is 4.39 Å². The molecular formula is C16H19FN2S. The molecule has 0 saturated heterocycles. The van der Waals surface area contributed by atoms with Crippen LogP contribution >= 0.6 is 11.8 Å². The zero-order chi connectivity index (χ0) is 14.4. The van der Waals surface area contributed by atoms with Gasteiger partial charge in [-0.2, -0.15) is 0 Å². The van der Waals surface area contributed by atoms with E-state index in [2.05, 4.69) is 24.1 Å². The molecule has 106 valence electrons. The SMILES string of the molecule is CCCNC(C)c1cc(F)ccc1Sc1ccncc1. The second-order valence-corrected chi connectivity index (χ2v) is 5.76. The Kier molecular flexibility index (Phi) is 5.56. The van der Waals surface area contributed by atoms with Crippen LogP contribution in [0.1, 0.15) is 31.9 Å². The van der Waals surface area contributed by atoms with Crippen LogP contribution in [0.3, 0.4) is 0 Å². The van der Waals surface area contributed by atoms with Crippen LogP contribution in [0.15, 0.2) is 52.5 Å². The van der Waals surface area contributed by atoms with E-state index in [0.29, 0.717) is 0 Å². The van der Waals surface area contributed by atoms with Gasteiger partial charge in [0.05, 0.1) is 0 Å². The molecule has 1 unspecified atom stereocenters. The van der Waals surface area contributed by atoms with E-state index in [4.69, 9.17) is 0 Å². The van der Waals surface area contributed by atoms with E-state index in [-0.39, 0.29) is 11.9 Å². The predicted octanol–water partition coefficient (Wildman–Crippen LogP) is 4.43. The van der Waals surface area contributed by atoms with Crippen LogP contribution < -0.4 is 5.32 Å². The molecule has 1 aromatic carbocycles. The molecule has 1 heterocycles. The van der Waals surface area contributed by atoms with Gasteiger partial charge >= 0.3 is 0 Å². The van der Waals surface area contributed by atoms with Gasteiger partial charge in [0.15, 0.2) is 0 Å². The van der Waals surface area contributed by atoms with Gasteiger partial charge in [-0.3, -0.25) is 4.98 Å². The highest BCUT2D eigenvalue weighted by Gasteiger charge is 2.12. The zero-order valence-electron chi connectivity index (χ0n) is 11.8. The Balaban J connectivity index is 2.23. The lowest BCUT2D eigenvalue weighted by atomic mass is 10.1. The lowest BCUT2D eigenvalue weighted by Gasteiger charge is -2.17. The Hall–Kier alpha value is -1.39. The fourth-order valence-electron chi connectivity index (χ4n) is 1.95. The Morgan fingerprint density at radius 2 is 2.00 bits per heavy atom. The minimum atomic E-state index is -0.191. The summed E-state index contributed by atoms with van der Waals surface area (Å²) in [6, 6.07) is 9.04. The van der Waals surface area contributed by atoms with Crippen molar-refractivity contribution in [2.24, 2.45) is 0 Å². The van der Waals surface area contributed by atoms with Crippen LogP contribution in [0.4, 0.5) is 4.39 Å². The number of halogens is 1. The summed E-state index contributed by atoms with van der Waals surface area (Å²) in [5.74, 6) is -0.191. The first-order valence-corrected chi connectivity index (χ1v) is 7.63. The van der Waals surface area contributed by atoms with Gasteiger partial charge in [0.1, 0.15) is 5.82 Å². The first-order valence-electron chi connectivity index (χ1n) is 6.81. The molecule has 4 heteroatoms. The normalized spacial score (nSPS) is 12.3. The number of hydrogen-bond acceptors (Lipinski definition) is 3. The average Bonchev–Trinajstić information content (AvgIpc) is 2.47. The van der Waals surface area contributed by atoms with Crippen LogP contribution in [0.2, 0.25) is 0 Å². The van der Waals surface area contributed by atoms with Crippen LogP contribution in [-0.4, -0.2) is 11.5 Å². The highest BCUT2D eigenvalue weighted by atomic mass is 32.2. The lowest BCUT2D eigenvalue weighted by molar-refractivity contribution is 0.554. The Labute approximate surface area is 123 Å². The zero-order valence-corrected chi connectivity index (χ0v) is 12.6. The molecule has 20 heavy (non-hydrogen) atoms. The summed E-state index contributed by atoms with van der Waals surface area (Å²) in [4.78, 5) is 6.20. The Bertz CT molecular complexity index is 545. The molecule has 0 saturated carbocycles. The van der Waals surface area contributed by atoms with Crippen molar-refractivity contribution >= 4 is 11.8 Å². The number of hydrogen-bond donors (Lipinski definition) is 1. The van der Waals surface area contributed by atoms with E-state index < -0.39 is 0 Å². The number of benzene rings is 1. The molecule has 1 N–H and O–H groups in total. The number of rotatable bonds is 6. The van der Waals surface area contributed by atoms with Crippen LogP contribution in [0.5, 0.6) is 0 Å². The van der Waals surface area contributed by atoms with Gasteiger partial charge in [0, 0.05) is 28.2 Å². The van der Waals surface area contributed by atoms with Crippen LogP contribution in [-0.2, 0) is 0 Å². The Morgan fingerprint density at radius 1 is 1.25 bits per heavy atom. The molecule has 0 radical (unpaired) electrons. The number of pyridine rings is 1.